The molecule has 0 fully saturated rings. The Hall–Kier alpha value is -0.296. The molecule has 0 radical (unpaired) electrons. The maximum atomic E-state index is 5.62. The van der Waals surface area contributed by atoms with Crippen LogP contribution in [0.2, 0.25) is 5.02 Å². The van der Waals surface area contributed by atoms with Crippen LogP contribution in [0.1, 0.15) is 5.56 Å². The molecule has 0 aliphatic rings. The first-order valence-electron chi connectivity index (χ1n) is 3.85. The fourth-order valence-electron chi connectivity index (χ4n) is 0.809. The predicted molar refractivity (Wildman–Crippen MR) is 53.8 cm³/mol. The van der Waals surface area contributed by atoms with Gasteiger partial charge in [0.15, 0.2) is 0 Å². The first kappa shape index (κ1) is 12.7. The van der Waals surface area contributed by atoms with Crippen LogP contribution in [-0.2, 0) is 21.7 Å². The van der Waals surface area contributed by atoms with Crippen molar-refractivity contribution in [2.75, 3.05) is 0 Å². The summed E-state index contributed by atoms with van der Waals surface area (Å²) in [6.45, 7) is 1.99. The second kappa shape index (κ2) is 7.14. The maximum absolute atomic E-state index is 5.62. The van der Waals surface area contributed by atoms with E-state index in [1.807, 2.05) is 55.5 Å². The molecule has 0 nitrogen and oxygen atoms in total. The van der Waals surface area contributed by atoms with E-state index >= 15 is 0 Å². The molecule has 2 heteroatoms. The average molecular weight is 227 g/mol. The second-order valence-electron chi connectivity index (χ2n) is 2.52. The van der Waals surface area contributed by atoms with Crippen LogP contribution in [0.25, 0.3) is 0 Å². The monoisotopic (exact) mass is 226 g/mol. The molecule has 2 aromatic rings. The van der Waals surface area contributed by atoms with E-state index in [1.165, 1.54) is 0 Å². The molecule has 0 heterocycles. The molecule has 0 saturated carbocycles. The molecule has 0 aromatic heterocycles. The smallest absolute Gasteiger partial charge is 0.214 e. The molecule has 0 aliphatic carbocycles. The fourth-order valence-corrected chi connectivity index (χ4v) is 0.944. The number of halogens is 1. The minimum atomic E-state index is 0. The number of aryl methyl sites for hydroxylation is 1. The molecule has 0 bridgehead atoms. The van der Waals surface area contributed by atoms with Gasteiger partial charge in [-0.25, -0.2) is 18.2 Å². The molecule has 0 aliphatic heterocycles. The van der Waals surface area contributed by atoms with Gasteiger partial charge in [0.1, 0.15) is 0 Å². The largest absolute Gasteiger partial charge is 2.00 e. The van der Waals surface area contributed by atoms with Gasteiger partial charge in [-0.1, -0.05) is 11.9 Å². The van der Waals surface area contributed by atoms with E-state index < -0.39 is 0 Å². The molecule has 0 unspecified atom stereocenters. The summed E-state index contributed by atoms with van der Waals surface area (Å²) in [6, 6.07) is 15.8. The van der Waals surface area contributed by atoms with Crippen molar-refractivity contribution in [2.45, 2.75) is 6.92 Å². The van der Waals surface area contributed by atoms with Gasteiger partial charge < -0.3 is 0 Å². The summed E-state index contributed by atoms with van der Waals surface area (Å²) in [6.07, 6.45) is 0. The Morgan fingerprint density at radius 2 is 1.85 bits per heavy atom. The van der Waals surface area contributed by atoms with Gasteiger partial charge in [0.05, 0.1) is 0 Å². The SMILES string of the molecule is C[c-]1cccc1Cl.[Ti+2].c1cc[cH-]c1. The zero-order valence-corrected chi connectivity index (χ0v) is 9.81. The summed E-state index contributed by atoms with van der Waals surface area (Å²) in [7, 11) is 0. The summed E-state index contributed by atoms with van der Waals surface area (Å²) < 4.78 is 0. The van der Waals surface area contributed by atoms with Gasteiger partial charge in [-0.3, -0.25) is 0 Å². The van der Waals surface area contributed by atoms with Gasteiger partial charge in [-0.2, -0.15) is 30.3 Å². The summed E-state index contributed by atoms with van der Waals surface area (Å²) in [5, 5.41) is 0.861. The zero-order valence-electron chi connectivity index (χ0n) is 7.50. The van der Waals surface area contributed by atoms with E-state index in [4.69, 9.17) is 11.6 Å². The summed E-state index contributed by atoms with van der Waals surface area (Å²) in [5.74, 6) is 0. The number of hydrogen-bond acceptors (Lipinski definition) is 0. The van der Waals surface area contributed by atoms with Crippen molar-refractivity contribution < 1.29 is 21.7 Å². The minimum Gasteiger partial charge on any atom is -0.214 e. The van der Waals surface area contributed by atoms with Gasteiger partial charge in [-0.05, 0) is 0 Å². The third kappa shape index (κ3) is 5.10. The normalized spacial score (nSPS) is 8.15. The molecule has 0 saturated heterocycles. The topological polar surface area (TPSA) is 0 Å². The van der Waals surface area contributed by atoms with Crippen molar-refractivity contribution in [2.24, 2.45) is 0 Å². The molecule has 2 rings (SSSR count). The van der Waals surface area contributed by atoms with Crippen molar-refractivity contribution in [3.05, 3.63) is 59.1 Å². The Labute approximate surface area is 99.1 Å². The third-order valence-electron chi connectivity index (χ3n) is 1.52. The summed E-state index contributed by atoms with van der Waals surface area (Å²) in [5.41, 5.74) is 1.15. The van der Waals surface area contributed by atoms with Crippen molar-refractivity contribution in [1.29, 1.82) is 0 Å². The summed E-state index contributed by atoms with van der Waals surface area (Å²) >= 11 is 5.62. The van der Waals surface area contributed by atoms with Crippen LogP contribution in [0.4, 0.5) is 0 Å². The van der Waals surface area contributed by atoms with Crippen molar-refractivity contribution >= 4 is 11.6 Å². The third-order valence-corrected chi connectivity index (χ3v) is 1.95. The maximum Gasteiger partial charge on any atom is 2.00 e. The van der Waals surface area contributed by atoms with Gasteiger partial charge in [-0.15, -0.1) is 17.2 Å². The minimum absolute atomic E-state index is 0. The quantitative estimate of drug-likeness (QED) is 0.474. The van der Waals surface area contributed by atoms with E-state index in [2.05, 4.69) is 0 Å². The van der Waals surface area contributed by atoms with Gasteiger partial charge in [0, 0.05) is 0 Å². The zero-order chi connectivity index (χ0) is 8.81. The molecule has 0 spiro atoms. The second-order valence-corrected chi connectivity index (χ2v) is 2.93. The van der Waals surface area contributed by atoms with Gasteiger partial charge >= 0.3 is 21.7 Å². The van der Waals surface area contributed by atoms with Crippen LogP contribution in [0.15, 0.2) is 48.5 Å². The Bertz CT molecular complexity index is 262. The molecule has 0 atom stereocenters. The molecular formula is C11H11ClTi. The van der Waals surface area contributed by atoms with Gasteiger partial charge in [0.25, 0.3) is 0 Å². The van der Waals surface area contributed by atoms with Crippen molar-refractivity contribution in [3.8, 4) is 0 Å². The van der Waals surface area contributed by atoms with E-state index in [1.54, 1.807) is 0 Å². The van der Waals surface area contributed by atoms with Crippen LogP contribution < -0.4 is 0 Å². The predicted octanol–water partition coefficient (Wildman–Crippen LogP) is 3.77. The van der Waals surface area contributed by atoms with Crippen LogP contribution in [0, 0.1) is 6.92 Å². The standard InChI is InChI=1S/C6H6Cl.C5H5.Ti/c1-5-3-2-4-6(5)7;1-2-4-5-3-1;/h2-4H,1H3;1-5H;/q2*-1;+2. The molecule has 13 heavy (non-hydrogen) atoms. The molecule has 0 N–H and O–H groups in total. The van der Waals surface area contributed by atoms with Crippen LogP contribution >= 0.6 is 11.6 Å². The Morgan fingerprint density at radius 1 is 1.23 bits per heavy atom. The van der Waals surface area contributed by atoms with E-state index in [-0.39, 0.29) is 21.7 Å². The summed E-state index contributed by atoms with van der Waals surface area (Å²) in [4.78, 5) is 0. The van der Waals surface area contributed by atoms with Crippen LogP contribution in [-0.4, -0.2) is 0 Å². The van der Waals surface area contributed by atoms with Crippen LogP contribution in [0.3, 0.4) is 0 Å². The Morgan fingerprint density at radius 3 is 2.00 bits per heavy atom. The Balaban J connectivity index is 0.000000215. The molecule has 2 aromatic carbocycles. The first-order valence-corrected chi connectivity index (χ1v) is 4.23. The van der Waals surface area contributed by atoms with E-state index in [9.17, 15) is 0 Å². The van der Waals surface area contributed by atoms with Crippen molar-refractivity contribution in [1.82, 2.24) is 0 Å². The number of rotatable bonds is 0. The number of hydrogen-bond donors (Lipinski definition) is 0. The average Bonchev–Trinajstić information content (AvgIpc) is 2.67. The van der Waals surface area contributed by atoms with E-state index in [0.717, 1.165) is 10.6 Å². The molecular weight excluding hydrogens is 215 g/mol. The molecule has 66 valence electrons. The fraction of sp³-hybridized carbons (Fsp3) is 0.0909. The van der Waals surface area contributed by atoms with Gasteiger partial charge in [0.2, 0.25) is 0 Å². The first-order chi connectivity index (χ1) is 5.80. The van der Waals surface area contributed by atoms with Crippen molar-refractivity contribution in [3.63, 3.8) is 0 Å². The Kier molecular flexibility index (Phi) is 6.98. The van der Waals surface area contributed by atoms with Crippen LogP contribution in [0.5, 0.6) is 0 Å². The molecule has 0 amide bonds. The van der Waals surface area contributed by atoms with E-state index in [0.29, 0.717) is 0 Å².